The Labute approximate surface area is 142 Å². The molecule has 1 fully saturated rings. The van der Waals surface area contributed by atoms with Gasteiger partial charge in [-0.15, -0.1) is 0 Å². The average molecular weight is 319 g/mol. The van der Waals surface area contributed by atoms with E-state index >= 15 is 0 Å². The summed E-state index contributed by atoms with van der Waals surface area (Å²) in [7, 11) is 0. The Balaban J connectivity index is 2.02. The molecule has 0 aromatic heterocycles. The summed E-state index contributed by atoms with van der Waals surface area (Å²) in [4.78, 5) is 17.3. The van der Waals surface area contributed by atoms with E-state index in [0.29, 0.717) is 12.1 Å². The predicted molar refractivity (Wildman–Crippen MR) is 99.2 cm³/mol. The minimum Gasteiger partial charge on any atom is -0.226 e. The third-order valence-corrected chi connectivity index (χ3v) is 4.33. The highest BCUT2D eigenvalue weighted by atomic mass is 14.8. The second-order valence-corrected chi connectivity index (χ2v) is 6.42. The van der Waals surface area contributed by atoms with E-state index in [9.17, 15) is 0 Å². The van der Waals surface area contributed by atoms with Crippen LogP contribution in [0.2, 0.25) is 0 Å². The van der Waals surface area contributed by atoms with Crippen molar-refractivity contribution in [2.75, 3.05) is 13.1 Å². The highest BCUT2D eigenvalue weighted by molar-refractivity contribution is 5.41. The molecule has 0 aliphatic heterocycles. The van der Waals surface area contributed by atoms with Gasteiger partial charge in [-0.25, -0.2) is 20.0 Å². The van der Waals surface area contributed by atoms with Crippen LogP contribution in [-0.2, 0) is 0 Å². The van der Waals surface area contributed by atoms with E-state index in [4.69, 9.17) is 0 Å². The highest BCUT2D eigenvalue weighted by Crippen LogP contribution is 2.19. The molecule has 0 N–H and O–H groups in total. The summed E-state index contributed by atoms with van der Waals surface area (Å²) in [5, 5.41) is 0. The van der Waals surface area contributed by atoms with Crippen LogP contribution < -0.4 is 0 Å². The maximum Gasteiger partial charge on any atom is 0.0895 e. The lowest BCUT2D eigenvalue weighted by Crippen LogP contribution is -2.08. The van der Waals surface area contributed by atoms with Crippen molar-refractivity contribution in [1.29, 1.82) is 0 Å². The molecule has 1 saturated carbocycles. The zero-order chi connectivity index (χ0) is 16.6. The van der Waals surface area contributed by atoms with Gasteiger partial charge in [0.25, 0.3) is 0 Å². The summed E-state index contributed by atoms with van der Waals surface area (Å²) in [6.45, 7) is 6.02. The molecule has 0 heterocycles. The third-order valence-electron chi connectivity index (χ3n) is 4.33. The zero-order valence-corrected chi connectivity index (χ0v) is 15.1. The Morgan fingerprint density at radius 2 is 1.61 bits per heavy atom. The van der Waals surface area contributed by atoms with Gasteiger partial charge in [-0.05, 0) is 44.9 Å². The molecule has 1 atom stereocenters. The highest BCUT2D eigenvalue weighted by Gasteiger charge is 2.10. The summed E-state index contributed by atoms with van der Waals surface area (Å²) < 4.78 is 0. The first kappa shape index (κ1) is 19.8. The number of hydrogen-bond donors (Lipinski definition) is 0. The van der Waals surface area contributed by atoms with Gasteiger partial charge in [0.2, 0.25) is 0 Å². The number of nitrogens with zero attached hydrogens (tertiary/aromatic N) is 4. The second-order valence-electron chi connectivity index (χ2n) is 6.42. The molecule has 1 aliphatic rings. The Morgan fingerprint density at radius 3 is 2.26 bits per heavy atom. The molecule has 0 aromatic carbocycles. The van der Waals surface area contributed by atoms with Crippen molar-refractivity contribution >= 4 is 12.0 Å². The van der Waals surface area contributed by atoms with E-state index in [1.807, 2.05) is 0 Å². The smallest absolute Gasteiger partial charge is 0.0895 e. The van der Waals surface area contributed by atoms with Crippen LogP contribution in [0, 0.1) is 0 Å². The van der Waals surface area contributed by atoms with E-state index in [2.05, 4.69) is 45.8 Å². The van der Waals surface area contributed by atoms with Gasteiger partial charge < -0.3 is 0 Å². The van der Waals surface area contributed by atoms with Crippen LogP contribution in [-0.4, -0.2) is 37.2 Å². The molecule has 0 aromatic rings. The molecule has 1 unspecified atom stereocenters. The Kier molecular flexibility index (Phi) is 12.4. The minimum absolute atomic E-state index is 0.404. The Hall–Kier alpha value is -1.24. The maximum absolute atomic E-state index is 4.42. The van der Waals surface area contributed by atoms with Gasteiger partial charge in [0, 0.05) is 13.1 Å². The SMILES string of the molecule is CCCC(CC)N=C=NCCCCCN=C=NC1CCCCC1. The number of rotatable bonds is 11. The van der Waals surface area contributed by atoms with Crippen molar-refractivity contribution in [3.63, 3.8) is 0 Å². The van der Waals surface area contributed by atoms with Gasteiger partial charge in [0.05, 0.1) is 24.1 Å². The molecular weight excluding hydrogens is 284 g/mol. The quantitative estimate of drug-likeness (QED) is 0.361. The van der Waals surface area contributed by atoms with Crippen LogP contribution in [0.3, 0.4) is 0 Å². The van der Waals surface area contributed by atoms with Crippen LogP contribution in [0.1, 0.15) is 84.5 Å². The lowest BCUT2D eigenvalue weighted by molar-refractivity contribution is 0.444. The van der Waals surface area contributed by atoms with Crippen molar-refractivity contribution in [3.8, 4) is 0 Å². The molecular formula is C19H34N4. The largest absolute Gasteiger partial charge is 0.226 e. The van der Waals surface area contributed by atoms with Crippen molar-refractivity contribution in [2.45, 2.75) is 96.6 Å². The molecule has 130 valence electrons. The van der Waals surface area contributed by atoms with Crippen molar-refractivity contribution < 1.29 is 0 Å². The monoisotopic (exact) mass is 318 g/mol. The van der Waals surface area contributed by atoms with Gasteiger partial charge in [-0.2, -0.15) is 0 Å². The zero-order valence-electron chi connectivity index (χ0n) is 15.1. The van der Waals surface area contributed by atoms with Gasteiger partial charge >= 0.3 is 0 Å². The lowest BCUT2D eigenvalue weighted by Gasteiger charge is -2.15. The molecule has 0 amide bonds. The van der Waals surface area contributed by atoms with E-state index in [-0.39, 0.29) is 0 Å². The summed E-state index contributed by atoms with van der Waals surface area (Å²) in [6.07, 6.45) is 13.2. The molecule has 1 rings (SSSR count). The van der Waals surface area contributed by atoms with Gasteiger partial charge in [0.15, 0.2) is 0 Å². The number of unbranched alkanes of at least 4 members (excludes halogenated alkanes) is 2. The fourth-order valence-electron chi connectivity index (χ4n) is 2.81. The molecule has 0 radical (unpaired) electrons. The maximum atomic E-state index is 4.42. The minimum atomic E-state index is 0.404. The molecule has 0 spiro atoms. The lowest BCUT2D eigenvalue weighted by atomic mass is 9.96. The topological polar surface area (TPSA) is 49.4 Å². The molecule has 23 heavy (non-hydrogen) atoms. The summed E-state index contributed by atoms with van der Waals surface area (Å²) in [6, 6.07) is 6.66. The summed E-state index contributed by atoms with van der Waals surface area (Å²) >= 11 is 0. The normalized spacial score (nSPS) is 16.1. The van der Waals surface area contributed by atoms with E-state index in [0.717, 1.165) is 45.2 Å². The van der Waals surface area contributed by atoms with Crippen molar-refractivity contribution in [1.82, 2.24) is 0 Å². The third kappa shape index (κ3) is 11.0. The average Bonchev–Trinajstić information content (AvgIpc) is 2.59. The number of hydrogen-bond acceptors (Lipinski definition) is 4. The van der Waals surface area contributed by atoms with Crippen LogP contribution >= 0.6 is 0 Å². The van der Waals surface area contributed by atoms with Gasteiger partial charge in [-0.1, -0.05) is 39.5 Å². The predicted octanol–water partition coefficient (Wildman–Crippen LogP) is 5.42. The van der Waals surface area contributed by atoms with Gasteiger partial charge in [-0.3, -0.25) is 0 Å². The van der Waals surface area contributed by atoms with E-state index in [1.165, 1.54) is 38.5 Å². The van der Waals surface area contributed by atoms with E-state index in [1.54, 1.807) is 0 Å². The molecule has 0 bridgehead atoms. The van der Waals surface area contributed by atoms with E-state index < -0.39 is 0 Å². The standard InChI is InChI=1S/C19H34N4/c1-3-11-18(4-2)22-16-20-14-9-6-10-15-21-17-23-19-12-7-5-8-13-19/h18-19H,3-15H2,1-2H3. The van der Waals surface area contributed by atoms with Crippen LogP contribution in [0.4, 0.5) is 0 Å². The fourth-order valence-corrected chi connectivity index (χ4v) is 2.81. The Bertz CT molecular complexity index is 371. The second kappa shape index (κ2) is 14.4. The molecule has 4 heteroatoms. The fraction of sp³-hybridized carbons (Fsp3) is 0.895. The first-order valence-corrected chi connectivity index (χ1v) is 9.59. The first-order valence-electron chi connectivity index (χ1n) is 9.59. The molecule has 1 aliphatic carbocycles. The molecule has 4 nitrogen and oxygen atoms in total. The first-order chi connectivity index (χ1) is 11.4. The number of aliphatic imine (C=N–C) groups is 4. The van der Waals surface area contributed by atoms with Crippen molar-refractivity contribution in [3.05, 3.63) is 0 Å². The summed E-state index contributed by atoms with van der Waals surface area (Å²) in [5.74, 6) is 0. The van der Waals surface area contributed by atoms with Crippen molar-refractivity contribution in [2.24, 2.45) is 20.0 Å². The Morgan fingerprint density at radius 1 is 0.913 bits per heavy atom. The van der Waals surface area contributed by atoms with Crippen LogP contribution in [0.15, 0.2) is 20.0 Å². The molecule has 0 saturated heterocycles. The van der Waals surface area contributed by atoms with Crippen LogP contribution in [0.25, 0.3) is 0 Å². The summed E-state index contributed by atoms with van der Waals surface area (Å²) in [5.41, 5.74) is 0. The van der Waals surface area contributed by atoms with Crippen LogP contribution in [0.5, 0.6) is 0 Å². The van der Waals surface area contributed by atoms with Gasteiger partial charge in [0.1, 0.15) is 0 Å².